The number of anilines is 3. The molecule has 0 saturated carbocycles. The molecule has 14 nitrogen and oxygen atoms in total. The number of unbranched alkanes of at least 4 members (excludes halogenated alkanes) is 4. The number of hydrogen-bond donors (Lipinski definition) is 0. The molecule has 0 amide bonds. The van der Waals surface area contributed by atoms with Gasteiger partial charge in [-0.2, -0.15) is 18.3 Å². The van der Waals surface area contributed by atoms with Gasteiger partial charge in [0.05, 0.1) is 28.5 Å². The molecule has 19 heteroatoms. The van der Waals surface area contributed by atoms with Crippen molar-refractivity contribution in [2.75, 3.05) is 4.90 Å². The molecule has 7 rings (SSSR count). The Labute approximate surface area is 415 Å². The van der Waals surface area contributed by atoms with Crippen LogP contribution in [0.15, 0.2) is 122 Å². The second-order valence-corrected chi connectivity index (χ2v) is 14.8. The zero-order valence-corrected chi connectivity index (χ0v) is 39.9. The topological polar surface area (TPSA) is 183 Å². The fourth-order valence-electron chi connectivity index (χ4n) is 6.74. The molecule has 0 unspecified atom stereocenters. The van der Waals surface area contributed by atoms with Gasteiger partial charge in [-0.25, -0.2) is 4.98 Å². The van der Waals surface area contributed by atoms with Gasteiger partial charge in [0.15, 0.2) is 0 Å². The summed E-state index contributed by atoms with van der Waals surface area (Å²) in [5.41, 5.74) is 6.16. The van der Waals surface area contributed by atoms with E-state index in [1.807, 2.05) is 6.07 Å². The third-order valence-electron chi connectivity index (χ3n) is 9.96. The zero-order valence-electron chi connectivity index (χ0n) is 37.4. The number of carbonyl (C=O) groups excluding carboxylic acids is 3. The maximum Gasteiger partial charge on any atom is 2.00 e. The number of thiocarbonyl (C=S) groups is 1. The van der Waals surface area contributed by atoms with Crippen LogP contribution in [0, 0.1) is 0 Å². The van der Waals surface area contributed by atoms with Crippen LogP contribution in [-0.4, -0.2) is 49.6 Å². The Hall–Kier alpha value is -7.33. The van der Waals surface area contributed by atoms with Crippen molar-refractivity contribution in [1.82, 2.24) is 30.1 Å². The standard InChI is InChI=1S/C31H34F3N4.C18H11N3O6.CNS.Ru/c1-3-5-7-9-23-11-15-25(16-12-23)38(26-17-13-24(14-18-26)10-8-6-4-2)27-19-20-35-28(21-27)29-22-30(37-36-29)31(32,33)34;22-9-25-12-1-3-19-15(5-12)17-7-14(27-11-24)8-18(21-17)16-6-13(26-10-23)2-4-20-16;2-1-3;/h11-22H,3-10H2,1-2H3;1-11H;;/q-1;;-1;+2. The summed E-state index contributed by atoms with van der Waals surface area (Å²) in [7, 11) is 0. The van der Waals surface area contributed by atoms with Gasteiger partial charge in [-0.1, -0.05) is 81.7 Å². The van der Waals surface area contributed by atoms with Crippen molar-refractivity contribution in [3.8, 4) is 51.4 Å². The van der Waals surface area contributed by atoms with Crippen LogP contribution in [0.3, 0.4) is 0 Å². The third kappa shape index (κ3) is 16.5. The normalized spacial score (nSPS) is 10.4. The van der Waals surface area contributed by atoms with Crippen molar-refractivity contribution in [3.05, 3.63) is 144 Å². The Morgan fingerprint density at radius 3 is 1.48 bits per heavy atom. The van der Waals surface area contributed by atoms with Gasteiger partial charge in [-0.15, -0.1) is 0 Å². The Bertz CT molecular complexity index is 2630. The number of hydrogen-bond acceptors (Lipinski definition) is 13. The number of pyridine rings is 4. The van der Waals surface area contributed by atoms with E-state index in [1.165, 1.54) is 90.8 Å². The van der Waals surface area contributed by atoms with Gasteiger partial charge >= 0.3 is 25.7 Å². The monoisotopic (exact) mass is 1040 g/mol. The summed E-state index contributed by atoms with van der Waals surface area (Å²) >= 11 is 3.70. The number of isothiocyanates is 1. The average Bonchev–Trinajstić information content (AvgIpc) is 3.86. The summed E-state index contributed by atoms with van der Waals surface area (Å²) < 4.78 is 53.8. The van der Waals surface area contributed by atoms with Crippen LogP contribution < -0.4 is 24.2 Å². The number of benzene rings is 2. The summed E-state index contributed by atoms with van der Waals surface area (Å²) in [6, 6.07) is 30.6. The van der Waals surface area contributed by atoms with Crippen LogP contribution in [0.5, 0.6) is 17.2 Å². The molecule has 0 aliphatic rings. The first-order valence-electron chi connectivity index (χ1n) is 21.3. The van der Waals surface area contributed by atoms with Crippen molar-refractivity contribution < 1.29 is 61.2 Å². The van der Waals surface area contributed by atoms with E-state index in [2.05, 4.69) is 110 Å². The molecule has 2 aromatic carbocycles. The van der Waals surface area contributed by atoms with E-state index in [0.29, 0.717) is 41.4 Å². The van der Waals surface area contributed by atoms with E-state index >= 15 is 0 Å². The Morgan fingerprint density at radius 2 is 1.04 bits per heavy atom. The van der Waals surface area contributed by atoms with Crippen LogP contribution in [-0.2, 0) is 52.9 Å². The number of aryl methyl sites for hydroxylation is 2. The van der Waals surface area contributed by atoms with Gasteiger partial charge in [0.1, 0.15) is 22.9 Å². The predicted molar refractivity (Wildman–Crippen MR) is 254 cm³/mol. The zero-order chi connectivity index (χ0) is 48.7. The molecule has 0 atom stereocenters. The van der Waals surface area contributed by atoms with E-state index in [-0.39, 0.29) is 48.9 Å². The fraction of sp³-hybridized carbons (Fsp3) is 0.220. The van der Waals surface area contributed by atoms with E-state index in [9.17, 15) is 27.6 Å². The van der Waals surface area contributed by atoms with Gasteiger partial charge in [-0.05, 0) is 91.4 Å². The molecule has 356 valence electrons. The quantitative estimate of drug-likeness (QED) is 0.0231. The number of aromatic nitrogens is 6. The SMILES string of the molecule is CCCCCc1ccc(N(c2ccc(CCCCC)cc2)c2ccnc(-c3cc(C(F)(F)F)n[n-]3)c2)cc1.O=COc1ccnc(-c2cc(OC=O)cc(-c3cc(OC=O)ccn3)n2)c1.[N-]=C=S.[Ru+2]. The summed E-state index contributed by atoms with van der Waals surface area (Å²) in [4.78, 5) is 51.0. The van der Waals surface area contributed by atoms with Crippen molar-refractivity contribution in [2.24, 2.45) is 0 Å². The summed E-state index contributed by atoms with van der Waals surface area (Å²) in [5.74, 6) is 0.760. The number of ether oxygens (including phenoxy) is 3. The van der Waals surface area contributed by atoms with Crippen LogP contribution in [0.1, 0.15) is 69.2 Å². The first-order valence-corrected chi connectivity index (χ1v) is 21.7. The van der Waals surface area contributed by atoms with E-state index in [0.717, 1.165) is 48.8 Å². The van der Waals surface area contributed by atoms with Gasteiger partial charge in [0, 0.05) is 59.9 Å². The predicted octanol–water partition coefficient (Wildman–Crippen LogP) is 11.5. The van der Waals surface area contributed by atoms with E-state index in [1.54, 1.807) is 12.3 Å². The second-order valence-electron chi connectivity index (χ2n) is 14.7. The van der Waals surface area contributed by atoms with Crippen LogP contribution >= 0.6 is 12.2 Å². The summed E-state index contributed by atoms with van der Waals surface area (Å²) in [6.07, 6.45) is 9.11. The minimum atomic E-state index is -4.55. The molecule has 0 aliphatic carbocycles. The van der Waals surface area contributed by atoms with Crippen LogP contribution in [0.25, 0.3) is 39.6 Å². The molecule has 0 aliphatic heterocycles. The van der Waals surface area contributed by atoms with Crippen LogP contribution in [0.4, 0.5) is 30.2 Å². The summed E-state index contributed by atoms with van der Waals surface area (Å²) in [5, 5.41) is 15.5. The maximum atomic E-state index is 13.1. The third-order valence-corrected chi connectivity index (χ3v) is 9.96. The minimum Gasteiger partial charge on any atom is -0.753 e. The first kappa shape index (κ1) is 54.3. The Balaban J connectivity index is 0.000000294. The van der Waals surface area contributed by atoms with Gasteiger partial charge in [0.2, 0.25) is 0 Å². The number of alkyl halides is 3. The minimum absolute atomic E-state index is 0. The van der Waals surface area contributed by atoms with Crippen molar-refractivity contribution in [3.63, 3.8) is 0 Å². The molecule has 0 spiro atoms. The van der Waals surface area contributed by atoms with Crippen molar-refractivity contribution in [2.45, 2.75) is 71.4 Å². The van der Waals surface area contributed by atoms with E-state index < -0.39 is 11.9 Å². The molecule has 5 aromatic heterocycles. The number of rotatable bonds is 20. The van der Waals surface area contributed by atoms with Gasteiger partial charge < -0.3 is 34.7 Å². The fourth-order valence-corrected chi connectivity index (χ4v) is 6.74. The Morgan fingerprint density at radius 1 is 0.609 bits per heavy atom. The second kappa shape index (κ2) is 28.1. The molecule has 0 fully saturated rings. The molecule has 5 heterocycles. The van der Waals surface area contributed by atoms with E-state index in [4.69, 9.17) is 19.6 Å². The molecular weight excluding hydrogens is 999 g/mol. The number of nitrogens with zero attached hydrogens (tertiary/aromatic N) is 8. The largest absolute Gasteiger partial charge is 2.00 e. The van der Waals surface area contributed by atoms with Crippen molar-refractivity contribution in [1.29, 1.82) is 0 Å². The van der Waals surface area contributed by atoms with Crippen LogP contribution in [0.2, 0.25) is 0 Å². The molecule has 69 heavy (non-hydrogen) atoms. The number of halogens is 3. The summed E-state index contributed by atoms with van der Waals surface area (Å²) in [6.45, 7) is 5.27. The Kier molecular flexibility index (Phi) is 22.1. The first-order chi connectivity index (χ1) is 33.0. The molecule has 0 radical (unpaired) electrons. The van der Waals surface area contributed by atoms with Gasteiger partial charge in [0.25, 0.3) is 19.4 Å². The molecule has 0 bridgehead atoms. The van der Waals surface area contributed by atoms with Gasteiger partial charge in [-0.3, -0.25) is 29.3 Å². The van der Waals surface area contributed by atoms with Crippen molar-refractivity contribution >= 4 is 53.9 Å². The molecule has 0 N–H and O–H groups in total. The smallest absolute Gasteiger partial charge is 0.753 e. The average molecular weight is 1040 g/mol. The molecular formula is C50H45F3N8O6RuS. The number of carbonyl (C=O) groups is 3. The maximum absolute atomic E-state index is 13.1. The molecule has 7 aromatic rings. The molecule has 0 saturated heterocycles.